The van der Waals surface area contributed by atoms with Gasteiger partial charge < -0.3 is 15.0 Å². The summed E-state index contributed by atoms with van der Waals surface area (Å²) in [6, 6.07) is 11.2. The molecular formula is C31H33ClN2O4. The Morgan fingerprint density at radius 1 is 0.974 bits per heavy atom. The van der Waals surface area contributed by atoms with Crippen LogP contribution in [0.25, 0.3) is 0 Å². The highest BCUT2D eigenvalue weighted by molar-refractivity contribution is 6.32. The van der Waals surface area contributed by atoms with E-state index in [1.165, 1.54) is 0 Å². The number of rotatable bonds is 6. The van der Waals surface area contributed by atoms with E-state index in [2.05, 4.69) is 17.1 Å². The molecule has 5 rings (SSSR count). The summed E-state index contributed by atoms with van der Waals surface area (Å²) in [6.07, 6.45) is 4.31. The minimum absolute atomic E-state index is 0.110. The van der Waals surface area contributed by atoms with E-state index >= 15 is 0 Å². The van der Waals surface area contributed by atoms with Crippen molar-refractivity contribution in [1.82, 2.24) is 4.90 Å². The molecule has 2 aromatic carbocycles. The number of Topliss-reactive ketones (excluding diaryl/α,β-unsaturated/α-hetero) is 2. The van der Waals surface area contributed by atoms with Gasteiger partial charge in [-0.15, -0.1) is 0 Å². The van der Waals surface area contributed by atoms with Crippen molar-refractivity contribution in [3.05, 3.63) is 80.7 Å². The predicted octanol–water partition coefficient (Wildman–Crippen LogP) is 6.41. The maximum Gasteiger partial charge on any atom is 0.262 e. The quantitative estimate of drug-likeness (QED) is 0.465. The number of ketones is 2. The molecule has 7 heteroatoms. The molecular weight excluding hydrogens is 500 g/mol. The van der Waals surface area contributed by atoms with Crippen molar-refractivity contribution in [2.24, 2.45) is 0 Å². The lowest BCUT2D eigenvalue weighted by atomic mass is 9.71. The molecule has 0 saturated carbocycles. The number of aryl methyl sites for hydroxylation is 2. The van der Waals surface area contributed by atoms with Crippen LogP contribution in [0.5, 0.6) is 5.75 Å². The summed E-state index contributed by atoms with van der Waals surface area (Å²) >= 11 is 6.64. The standard InChI is InChI=1S/C31H33ClN2O4/c1-4-34-23-7-5-9-25(35)30(23)29(31-24(34)8-6-10-26(31)36)20-12-14-27(21(32)16-20)38-17-28(37)33-22-13-11-18(2)15-19(22)3/h11-16,29H,4-10,17H2,1-3H3,(H,33,37). The van der Waals surface area contributed by atoms with Gasteiger partial charge in [-0.3, -0.25) is 14.4 Å². The fourth-order valence-corrected chi connectivity index (χ4v) is 6.27. The number of ether oxygens (including phenoxy) is 1. The number of allylic oxidation sites excluding steroid dienone is 4. The van der Waals surface area contributed by atoms with Crippen LogP contribution in [0.4, 0.5) is 5.69 Å². The zero-order valence-electron chi connectivity index (χ0n) is 22.2. The van der Waals surface area contributed by atoms with Crippen molar-refractivity contribution in [3.8, 4) is 5.75 Å². The number of hydrogen-bond donors (Lipinski definition) is 1. The molecule has 1 aliphatic heterocycles. The van der Waals surface area contributed by atoms with Crippen molar-refractivity contribution in [2.75, 3.05) is 18.5 Å². The number of nitrogens with one attached hydrogen (secondary N) is 1. The number of anilines is 1. The molecule has 0 bridgehead atoms. The van der Waals surface area contributed by atoms with Crippen LogP contribution in [0.15, 0.2) is 58.9 Å². The van der Waals surface area contributed by atoms with Crippen LogP contribution in [0, 0.1) is 13.8 Å². The van der Waals surface area contributed by atoms with Crippen LogP contribution in [0.1, 0.15) is 68.1 Å². The Balaban J connectivity index is 1.41. The SMILES string of the molecule is CCN1C2=C(C(=O)CCC2)C(c2ccc(OCC(=O)Nc3ccc(C)cc3C)c(Cl)c2)C2=C1CCCC2=O. The fraction of sp³-hybridized carbons (Fsp3) is 0.387. The molecule has 0 saturated heterocycles. The summed E-state index contributed by atoms with van der Waals surface area (Å²) < 4.78 is 5.76. The number of amides is 1. The summed E-state index contributed by atoms with van der Waals surface area (Å²) in [6.45, 7) is 6.57. The number of carbonyl (C=O) groups is 3. The third-order valence-corrected chi connectivity index (χ3v) is 8.00. The summed E-state index contributed by atoms with van der Waals surface area (Å²) in [7, 11) is 0. The van der Waals surface area contributed by atoms with Gasteiger partial charge in [-0.25, -0.2) is 0 Å². The van der Waals surface area contributed by atoms with Crippen LogP contribution in [-0.2, 0) is 14.4 Å². The molecule has 1 amide bonds. The Kier molecular flexibility index (Phi) is 7.44. The zero-order chi connectivity index (χ0) is 27.0. The van der Waals surface area contributed by atoms with E-state index in [1.807, 2.05) is 38.1 Å². The summed E-state index contributed by atoms with van der Waals surface area (Å²) in [5.41, 5.74) is 7.25. The summed E-state index contributed by atoms with van der Waals surface area (Å²) in [4.78, 5) is 41.2. The molecule has 198 valence electrons. The van der Waals surface area contributed by atoms with Crippen LogP contribution in [0.2, 0.25) is 5.02 Å². The van der Waals surface area contributed by atoms with Crippen molar-refractivity contribution in [3.63, 3.8) is 0 Å². The van der Waals surface area contributed by atoms with Gasteiger partial charge in [0, 0.05) is 53.5 Å². The first-order valence-electron chi connectivity index (χ1n) is 13.4. The molecule has 3 aliphatic rings. The van der Waals surface area contributed by atoms with Gasteiger partial charge in [0.2, 0.25) is 0 Å². The largest absolute Gasteiger partial charge is 0.482 e. The first kappa shape index (κ1) is 26.2. The Bertz CT molecular complexity index is 1350. The van der Waals surface area contributed by atoms with Gasteiger partial charge in [0.1, 0.15) is 5.75 Å². The van der Waals surface area contributed by atoms with Crippen molar-refractivity contribution >= 4 is 34.8 Å². The van der Waals surface area contributed by atoms with E-state index in [4.69, 9.17) is 16.3 Å². The summed E-state index contributed by atoms with van der Waals surface area (Å²) in [5, 5.41) is 3.22. The van der Waals surface area contributed by atoms with Gasteiger partial charge in [0.15, 0.2) is 18.2 Å². The van der Waals surface area contributed by atoms with Crippen LogP contribution in [-0.4, -0.2) is 35.5 Å². The van der Waals surface area contributed by atoms with E-state index in [0.29, 0.717) is 23.6 Å². The summed E-state index contributed by atoms with van der Waals surface area (Å²) in [5.74, 6) is -0.0965. The van der Waals surface area contributed by atoms with Gasteiger partial charge >= 0.3 is 0 Å². The second-order valence-electron chi connectivity index (χ2n) is 10.3. The highest BCUT2D eigenvalue weighted by atomic mass is 35.5. The second-order valence-corrected chi connectivity index (χ2v) is 10.7. The number of nitrogens with zero attached hydrogens (tertiary/aromatic N) is 1. The van der Waals surface area contributed by atoms with Gasteiger partial charge in [-0.1, -0.05) is 35.4 Å². The van der Waals surface area contributed by atoms with Crippen LogP contribution >= 0.6 is 11.6 Å². The molecule has 0 aromatic heterocycles. The minimum Gasteiger partial charge on any atom is -0.482 e. The average Bonchev–Trinajstić information content (AvgIpc) is 2.89. The van der Waals surface area contributed by atoms with Gasteiger partial charge in [-0.2, -0.15) is 0 Å². The smallest absolute Gasteiger partial charge is 0.262 e. The first-order chi connectivity index (χ1) is 18.3. The lowest BCUT2D eigenvalue weighted by Crippen LogP contribution is -2.39. The maximum absolute atomic E-state index is 13.3. The Hall–Kier alpha value is -3.38. The van der Waals surface area contributed by atoms with Gasteiger partial charge in [0.25, 0.3) is 5.91 Å². The lowest BCUT2D eigenvalue weighted by molar-refractivity contribution is -0.118. The first-order valence-corrected chi connectivity index (χ1v) is 13.8. The normalized spacial score (nSPS) is 17.9. The number of halogens is 1. The predicted molar refractivity (Wildman–Crippen MR) is 148 cm³/mol. The zero-order valence-corrected chi connectivity index (χ0v) is 22.9. The number of carbonyl (C=O) groups excluding carboxylic acids is 3. The Morgan fingerprint density at radius 2 is 1.63 bits per heavy atom. The highest BCUT2D eigenvalue weighted by Crippen LogP contribution is 2.49. The Morgan fingerprint density at radius 3 is 2.21 bits per heavy atom. The van der Waals surface area contributed by atoms with E-state index in [0.717, 1.165) is 77.1 Å². The molecule has 0 atom stereocenters. The highest BCUT2D eigenvalue weighted by Gasteiger charge is 2.42. The topological polar surface area (TPSA) is 75.7 Å². The van der Waals surface area contributed by atoms with Crippen LogP contribution in [0.3, 0.4) is 0 Å². The van der Waals surface area contributed by atoms with Crippen molar-refractivity contribution < 1.29 is 19.1 Å². The van der Waals surface area contributed by atoms with Gasteiger partial charge in [-0.05, 0) is 75.8 Å². The molecule has 0 radical (unpaired) electrons. The van der Waals surface area contributed by atoms with Gasteiger partial charge in [0.05, 0.1) is 5.02 Å². The molecule has 0 spiro atoms. The third kappa shape index (κ3) is 4.90. The van der Waals surface area contributed by atoms with E-state index in [-0.39, 0.29) is 24.1 Å². The molecule has 1 N–H and O–H groups in total. The average molecular weight is 533 g/mol. The number of hydrogen-bond acceptors (Lipinski definition) is 5. The molecule has 6 nitrogen and oxygen atoms in total. The third-order valence-electron chi connectivity index (χ3n) is 7.71. The second kappa shape index (κ2) is 10.8. The minimum atomic E-state index is -0.414. The lowest BCUT2D eigenvalue weighted by Gasteiger charge is -2.43. The number of benzene rings is 2. The Labute approximate surface area is 228 Å². The molecule has 0 unspecified atom stereocenters. The molecule has 2 aromatic rings. The molecule has 38 heavy (non-hydrogen) atoms. The molecule has 0 fully saturated rings. The van der Waals surface area contributed by atoms with E-state index in [9.17, 15) is 14.4 Å². The van der Waals surface area contributed by atoms with Crippen molar-refractivity contribution in [2.45, 2.75) is 65.2 Å². The molecule has 2 aliphatic carbocycles. The van der Waals surface area contributed by atoms with E-state index in [1.54, 1.807) is 12.1 Å². The van der Waals surface area contributed by atoms with Crippen LogP contribution < -0.4 is 10.1 Å². The maximum atomic E-state index is 13.3. The fourth-order valence-electron chi connectivity index (χ4n) is 6.03. The monoisotopic (exact) mass is 532 g/mol. The molecule has 1 heterocycles. The van der Waals surface area contributed by atoms with Crippen molar-refractivity contribution in [1.29, 1.82) is 0 Å². The van der Waals surface area contributed by atoms with E-state index < -0.39 is 5.92 Å².